The summed E-state index contributed by atoms with van der Waals surface area (Å²) in [5.74, 6) is 0. The number of hydrogen-bond donors (Lipinski definition) is 2. The van der Waals surface area contributed by atoms with Gasteiger partial charge in [0.15, 0.2) is 0 Å². The predicted molar refractivity (Wildman–Crippen MR) is 85.6 cm³/mol. The average Bonchev–Trinajstić information content (AvgIpc) is 2.96. The van der Waals surface area contributed by atoms with Crippen LogP contribution in [0.3, 0.4) is 0 Å². The van der Waals surface area contributed by atoms with Crippen molar-refractivity contribution in [2.45, 2.75) is 50.5 Å². The van der Waals surface area contributed by atoms with E-state index in [-0.39, 0.29) is 5.41 Å². The van der Waals surface area contributed by atoms with Crippen molar-refractivity contribution in [3.63, 3.8) is 0 Å². The summed E-state index contributed by atoms with van der Waals surface area (Å²) >= 11 is 0. The van der Waals surface area contributed by atoms with E-state index in [1.807, 2.05) is 19.2 Å². The van der Waals surface area contributed by atoms with Gasteiger partial charge in [-0.2, -0.15) is 0 Å². The fraction of sp³-hybridized carbons (Fsp3) is 0.625. The Bertz CT molecular complexity index is 546. The van der Waals surface area contributed by atoms with E-state index in [0.717, 1.165) is 31.4 Å². The molecule has 1 aromatic rings. The molecule has 0 aliphatic heterocycles. The van der Waals surface area contributed by atoms with Gasteiger partial charge < -0.3 is 5.32 Å². The molecule has 1 aliphatic carbocycles. The molecule has 5 heteroatoms. The molecule has 2 rings (SSSR count). The highest BCUT2D eigenvalue weighted by Gasteiger charge is 2.33. The molecule has 0 aromatic heterocycles. The third-order valence-electron chi connectivity index (χ3n) is 4.67. The molecular formula is C16H26N2O2S. The van der Waals surface area contributed by atoms with Crippen LogP contribution in [0.5, 0.6) is 0 Å². The van der Waals surface area contributed by atoms with Crippen LogP contribution in [0.25, 0.3) is 0 Å². The van der Waals surface area contributed by atoms with Crippen LogP contribution < -0.4 is 10.0 Å². The molecular weight excluding hydrogens is 284 g/mol. The average molecular weight is 310 g/mol. The molecule has 0 unspecified atom stereocenters. The van der Waals surface area contributed by atoms with E-state index in [9.17, 15) is 8.42 Å². The minimum Gasteiger partial charge on any atom is -0.316 e. The number of nitrogens with one attached hydrogen (secondary N) is 2. The van der Waals surface area contributed by atoms with Gasteiger partial charge in [0, 0.05) is 13.1 Å². The summed E-state index contributed by atoms with van der Waals surface area (Å²) in [5.41, 5.74) is 1.25. The molecule has 0 radical (unpaired) electrons. The Hall–Kier alpha value is -0.910. The van der Waals surface area contributed by atoms with Gasteiger partial charge in [-0.15, -0.1) is 0 Å². The Morgan fingerprint density at radius 2 is 1.76 bits per heavy atom. The van der Waals surface area contributed by atoms with Crippen LogP contribution in [0.4, 0.5) is 0 Å². The number of sulfonamides is 1. The molecule has 4 nitrogen and oxygen atoms in total. The topological polar surface area (TPSA) is 58.2 Å². The van der Waals surface area contributed by atoms with Gasteiger partial charge in [0.25, 0.3) is 0 Å². The lowest BCUT2D eigenvalue weighted by Gasteiger charge is -2.27. The van der Waals surface area contributed by atoms with Crippen LogP contribution in [0, 0.1) is 5.41 Å². The Kier molecular flexibility index (Phi) is 5.41. The Balaban J connectivity index is 2.04. The van der Waals surface area contributed by atoms with Crippen molar-refractivity contribution in [1.82, 2.24) is 10.0 Å². The smallest absolute Gasteiger partial charge is 0.240 e. The van der Waals surface area contributed by atoms with Gasteiger partial charge in [-0.1, -0.05) is 31.9 Å². The van der Waals surface area contributed by atoms with E-state index >= 15 is 0 Å². The standard InChI is InChI=1S/C16H26N2O2S/c1-3-16(10-4-5-11-16)13-18-21(19,20)15-8-6-14(7-9-15)12-17-2/h6-9,17-18H,3-5,10-13H2,1-2H3. The predicted octanol–water partition coefficient (Wildman–Crippen LogP) is 2.65. The van der Waals surface area contributed by atoms with Crippen molar-refractivity contribution < 1.29 is 8.42 Å². The summed E-state index contributed by atoms with van der Waals surface area (Å²) in [6.07, 6.45) is 5.74. The van der Waals surface area contributed by atoms with E-state index in [1.54, 1.807) is 12.1 Å². The van der Waals surface area contributed by atoms with E-state index in [2.05, 4.69) is 17.0 Å². The van der Waals surface area contributed by atoms with Gasteiger partial charge in [-0.3, -0.25) is 0 Å². The van der Waals surface area contributed by atoms with E-state index in [0.29, 0.717) is 11.4 Å². The van der Waals surface area contributed by atoms with Gasteiger partial charge in [0.1, 0.15) is 0 Å². The van der Waals surface area contributed by atoms with Crippen molar-refractivity contribution in [3.8, 4) is 0 Å². The molecule has 1 fully saturated rings. The van der Waals surface area contributed by atoms with Crippen molar-refractivity contribution in [2.24, 2.45) is 5.41 Å². The van der Waals surface area contributed by atoms with Gasteiger partial charge in [0.2, 0.25) is 10.0 Å². The van der Waals surface area contributed by atoms with Crippen molar-refractivity contribution >= 4 is 10.0 Å². The SMILES string of the molecule is CCC1(CNS(=O)(=O)c2ccc(CNC)cc2)CCCC1. The molecule has 0 bridgehead atoms. The molecule has 0 saturated heterocycles. The number of rotatable bonds is 7. The van der Waals surface area contributed by atoms with Gasteiger partial charge >= 0.3 is 0 Å². The van der Waals surface area contributed by atoms with Crippen molar-refractivity contribution in [2.75, 3.05) is 13.6 Å². The minimum atomic E-state index is -3.40. The zero-order valence-electron chi connectivity index (χ0n) is 13.0. The van der Waals surface area contributed by atoms with Crippen molar-refractivity contribution in [1.29, 1.82) is 0 Å². The molecule has 0 amide bonds. The third kappa shape index (κ3) is 4.05. The first kappa shape index (κ1) is 16.5. The lowest BCUT2D eigenvalue weighted by atomic mass is 9.84. The van der Waals surface area contributed by atoms with Crippen LogP contribution in [-0.4, -0.2) is 22.0 Å². The highest BCUT2D eigenvalue weighted by molar-refractivity contribution is 7.89. The fourth-order valence-corrected chi connectivity index (χ4v) is 4.26. The van der Waals surface area contributed by atoms with Gasteiger partial charge in [-0.05, 0) is 49.4 Å². The van der Waals surface area contributed by atoms with Crippen LogP contribution in [0.2, 0.25) is 0 Å². The van der Waals surface area contributed by atoms with E-state index in [4.69, 9.17) is 0 Å². The lowest BCUT2D eigenvalue weighted by Crippen LogP contribution is -2.35. The number of benzene rings is 1. The monoisotopic (exact) mass is 310 g/mol. The first-order chi connectivity index (χ1) is 10.0. The Labute approximate surface area is 128 Å². The molecule has 2 N–H and O–H groups in total. The van der Waals surface area contributed by atoms with Gasteiger partial charge in [0.05, 0.1) is 4.90 Å². The molecule has 1 aliphatic rings. The summed E-state index contributed by atoms with van der Waals surface area (Å²) in [6, 6.07) is 7.08. The second kappa shape index (κ2) is 6.90. The first-order valence-electron chi connectivity index (χ1n) is 7.74. The second-order valence-corrected chi connectivity index (χ2v) is 7.83. The molecule has 1 saturated carbocycles. The van der Waals surface area contributed by atoms with E-state index < -0.39 is 10.0 Å². The molecule has 21 heavy (non-hydrogen) atoms. The largest absolute Gasteiger partial charge is 0.316 e. The highest BCUT2D eigenvalue weighted by atomic mass is 32.2. The molecule has 0 spiro atoms. The maximum atomic E-state index is 12.4. The Morgan fingerprint density at radius 3 is 2.29 bits per heavy atom. The minimum absolute atomic E-state index is 0.166. The zero-order chi connectivity index (χ0) is 15.3. The summed E-state index contributed by atoms with van der Waals surface area (Å²) in [4.78, 5) is 0.353. The number of hydrogen-bond acceptors (Lipinski definition) is 3. The summed E-state index contributed by atoms with van der Waals surface area (Å²) in [5, 5.41) is 3.05. The summed E-state index contributed by atoms with van der Waals surface area (Å²) in [6.45, 7) is 3.46. The second-order valence-electron chi connectivity index (χ2n) is 6.06. The van der Waals surface area contributed by atoms with Crippen LogP contribution >= 0.6 is 0 Å². The summed E-state index contributed by atoms with van der Waals surface area (Å²) in [7, 11) is -1.53. The van der Waals surface area contributed by atoms with Crippen molar-refractivity contribution in [3.05, 3.63) is 29.8 Å². The van der Waals surface area contributed by atoms with Gasteiger partial charge in [-0.25, -0.2) is 13.1 Å². The highest BCUT2D eigenvalue weighted by Crippen LogP contribution is 2.40. The molecule has 118 valence electrons. The fourth-order valence-electron chi connectivity index (χ4n) is 3.10. The van der Waals surface area contributed by atoms with Crippen LogP contribution in [0.1, 0.15) is 44.6 Å². The lowest BCUT2D eigenvalue weighted by molar-refractivity contribution is 0.285. The zero-order valence-corrected chi connectivity index (χ0v) is 13.8. The van der Waals surface area contributed by atoms with Crippen LogP contribution in [-0.2, 0) is 16.6 Å². The molecule has 0 heterocycles. The normalized spacial score (nSPS) is 18.0. The molecule has 1 aromatic carbocycles. The quantitative estimate of drug-likeness (QED) is 0.814. The summed E-state index contributed by atoms with van der Waals surface area (Å²) < 4.78 is 27.6. The molecule has 0 atom stereocenters. The Morgan fingerprint density at radius 1 is 1.14 bits per heavy atom. The van der Waals surface area contributed by atoms with E-state index in [1.165, 1.54) is 12.8 Å². The first-order valence-corrected chi connectivity index (χ1v) is 9.23. The third-order valence-corrected chi connectivity index (χ3v) is 6.08. The maximum Gasteiger partial charge on any atom is 0.240 e. The van der Waals surface area contributed by atoms with Crippen LogP contribution in [0.15, 0.2) is 29.2 Å². The maximum absolute atomic E-state index is 12.4.